The van der Waals surface area contributed by atoms with Gasteiger partial charge in [0.05, 0.1) is 19.4 Å². The third-order valence-corrected chi connectivity index (χ3v) is 5.21. The minimum atomic E-state index is -0.227. The zero-order valence-corrected chi connectivity index (χ0v) is 20.4. The van der Waals surface area contributed by atoms with Gasteiger partial charge in [0, 0.05) is 32.2 Å². The monoisotopic (exact) mass is 541 g/mol. The number of rotatable bonds is 9. The number of amides is 1. The van der Waals surface area contributed by atoms with Gasteiger partial charge in [-0.05, 0) is 44.1 Å². The first-order valence-corrected chi connectivity index (χ1v) is 10.4. The van der Waals surface area contributed by atoms with Crippen LogP contribution >= 0.6 is 24.0 Å². The summed E-state index contributed by atoms with van der Waals surface area (Å²) in [7, 11) is 3.45. The van der Waals surface area contributed by atoms with Crippen molar-refractivity contribution in [3.63, 3.8) is 0 Å². The smallest absolute Gasteiger partial charge is 0.287 e. The van der Waals surface area contributed by atoms with Crippen molar-refractivity contribution < 1.29 is 13.9 Å². The molecule has 3 rings (SSSR count). The number of hydrogen-bond acceptors (Lipinski definition) is 5. The van der Waals surface area contributed by atoms with Gasteiger partial charge in [-0.2, -0.15) is 0 Å². The van der Waals surface area contributed by atoms with Gasteiger partial charge < -0.3 is 25.1 Å². The Labute approximate surface area is 200 Å². The molecule has 0 saturated carbocycles. The first kappa shape index (κ1) is 25.0. The first-order chi connectivity index (χ1) is 14.7. The Morgan fingerprint density at radius 1 is 1.13 bits per heavy atom. The lowest BCUT2D eigenvalue weighted by Gasteiger charge is -2.30. The second kappa shape index (κ2) is 13.2. The van der Waals surface area contributed by atoms with Gasteiger partial charge in [0.15, 0.2) is 11.7 Å². The molecule has 1 aromatic carbocycles. The van der Waals surface area contributed by atoms with Gasteiger partial charge in [0.1, 0.15) is 5.75 Å². The lowest BCUT2D eigenvalue weighted by Crippen LogP contribution is -2.44. The number of methoxy groups -OCH3 is 1. The van der Waals surface area contributed by atoms with Crippen molar-refractivity contribution >= 4 is 35.8 Å². The fourth-order valence-electron chi connectivity index (χ4n) is 3.70. The highest BCUT2D eigenvalue weighted by Gasteiger charge is 2.26. The van der Waals surface area contributed by atoms with Crippen LogP contribution in [0.2, 0.25) is 0 Å². The van der Waals surface area contributed by atoms with Crippen molar-refractivity contribution in [2.75, 3.05) is 46.9 Å². The van der Waals surface area contributed by atoms with Gasteiger partial charge in [-0.25, -0.2) is 0 Å². The molecule has 3 N–H and O–H groups in total. The molecule has 1 aliphatic heterocycles. The van der Waals surface area contributed by atoms with Gasteiger partial charge in [-0.15, -0.1) is 24.0 Å². The average Bonchev–Trinajstić information content (AvgIpc) is 3.50. The SMILES string of the molecule is CN=C(NCCNC(=O)c1ccco1)NCC(c1ccccc1OC)N1CCCC1.I. The van der Waals surface area contributed by atoms with Gasteiger partial charge in [-0.1, -0.05) is 18.2 Å². The number of carbonyl (C=O) groups excluding carboxylic acids is 1. The summed E-state index contributed by atoms with van der Waals surface area (Å²) < 4.78 is 10.7. The molecule has 0 radical (unpaired) electrons. The summed E-state index contributed by atoms with van der Waals surface area (Å²) >= 11 is 0. The van der Waals surface area contributed by atoms with E-state index in [2.05, 4.69) is 38.0 Å². The topological polar surface area (TPSA) is 91.1 Å². The van der Waals surface area contributed by atoms with Crippen LogP contribution in [0, 0.1) is 0 Å². The van der Waals surface area contributed by atoms with Crippen LogP contribution in [0.25, 0.3) is 0 Å². The van der Waals surface area contributed by atoms with Crippen LogP contribution in [0.4, 0.5) is 0 Å². The summed E-state index contributed by atoms with van der Waals surface area (Å²) in [6, 6.07) is 11.7. The number of nitrogens with zero attached hydrogens (tertiary/aromatic N) is 2. The summed E-state index contributed by atoms with van der Waals surface area (Å²) in [6.45, 7) is 3.88. The van der Waals surface area contributed by atoms with Crippen molar-refractivity contribution in [1.82, 2.24) is 20.9 Å². The zero-order valence-electron chi connectivity index (χ0n) is 18.1. The number of ether oxygens (including phenoxy) is 1. The highest BCUT2D eigenvalue weighted by atomic mass is 127. The highest BCUT2D eigenvalue weighted by Crippen LogP contribution is 2.31. The number of para-hydroxylation sites is 1. The standard InChI is InChI=1S/C22H31N5O3.HI/c1-23-22(25-12-11-24-21(28)20-10-7-15-30-20)26-16-18(27-13-5-6-14-27)17-8-3-4-9-19(17)29-2;/h3-4,7-10,15,18H,5-6,11-14,16H2,1-2H3,(H,24,28)(H2,23,25,26);1H. The maximum Gasteiger partial charge on any atom is 0.287 e. The highest BCUT2D eigenvalue weighted by molar-refractivity contribution is 14.0. The Balaban J connectivity index is 0.00000341. The molecular weight excluding hydrogens is 509 g/mol. The first-order valence-electron chi connectivity index (χ1n) is 10.4. The molecule has 2 heterocycles. The van der Waals surface area contributed by atoms with E-state index in [0.717, 1.165) is 18.8 Å². The number of carbonyl (C=O) groups is 1. The van der Waals surface area contributed by atoms with E-state index < -0.39 is 0 Å². The number of hydrogen-bond donors (Lipinski definition) is 3. The molecule has 1 saturated heterocycles. The minimum absolute atomic E-state index is 0. The van der Waals surface area contributed by atoms with E-state index in [1.54, 1.807) is 26.3 Å². The predicted molar refractivity (Wildman–Crippen MR) is 132 cm³/mol. The molecule has 31 heavy (non-hydrogen) atoms. The summed E-state index contributed by atoms with van der Waals surface area (Å²) in [5.74, 6) is 1.68. The molecule has 0 aliphatic carbocycles. The minimum Gasteiger partial charge on any atom is -0.496 e. The summed E-state index contributed by atoms with van der Waals surface area (Å²) in [5, 5.41) is 9.47. The number of nitrogens with one attached hydrogen (secondary N) is 3. The van der Waals surface area contributed by atoms with Gasteiger partial charge in [0.2, 0.25) is 0 Å². The Hall–Kier alpha value is -2.27. The van der Waals surface area contributed by atoms with E-state index in [9.17, 15) is 4.79 Å². The van der Waals surface area contributed by atoms with Crippen molar-refractivity contribution in [2.45, 2.75) is 18.9 Å². The normalized spacial score (nSPS) is 15.1. The number of furan rings is 1. The zero-order chi connectivity index (χ0) is 21.2. The van der Waals surface area contributed by atoms with Crippen LogP contribution in [0.1, 0.15) is 35.0 Å². The van der Waals surface area contributed by atoms with Crippen LogP contribution in [0.5, 0.6) is 5.75 Å². The van der Waals surface area contributed by atoms with E-state index in [1.165, 1.54) is 24.7 Å². The van der Waals surface area contributed by atoms with E-state index in [1.807, 2.05) is 12.1 Å². The van der Waals surface area contributed by atoms with E-state index in [-0.39, 0.29) is 35.9 Å². The molecule has 1 atom stereocenters. The molecule has 1 fully saturated rings. The molecular formula is C22H32IN5O3. The molecule has 170 valence electrons. The third-order valence-electron chi connectivity index (χ3n) is 5.21. The number of guanidine groups is 1. The molecule has 1 aromatic heterocycles. The lowest BCUT2D eigenvalue weighted by molar-refractivity contribution is 0.0926. The van der Waals surface area contributed by atoms with Crippen LogP contribution in [-0.4, -0.2) is 63.6 Å². The molecule has 1 unspecified atom stereocenters. The molecule has 0 bridgehead atoms. The number of benzene rings is 1. The Morgan fingerprint density at radius 2 is 1.87 bits per heavy atom. The Bertz CT molecular complexity index is 822. The fraction of sp³-hybridized carbons (Fsp3) is 0.455. The Morgan fingerprint density at radius 3 is 2.55 bits per heavy atom. The van der Waals surface area contributed by atoms with Crippen molar-refractivity contribution in [3.8, 4) is 5.75 Å². The lowest BCUT2D eigenvalue weighted by atomic mass is 10.0. The van der Waals surface area contributed by atoms with Crippen LogP contribution in [0.15, 0.2) is 52.1 Å². The quantitative estimate of drug-likeness (QED) is 0.196. The third kappa shape index (κ3) is 7.13. The van der Waals surface area contributed by atoms with Crippen molar-refractivity contribution in [2.24, 2.45) is 4.99 Å². The molecule has 8 nitrogen and oxygen atoms in total. The van der Waals surface area contributed by atoms with Gasteiger partial charge in [0.25, 0.3) is 5.91 Å². The second-order valence-corrected chi connectivity index (χ2v) is 7.11. The summed E-state index contributed by atoms with van der Waals surface area (Å²) in [4.78, 5) is 18.7. The number of halogens is 1. The molecule has 9 heteroatoms. The largest absolute Gasteiger partial charge is 0.496 e. The second-order valence-electron chi connectivity index (χ2n) is 7.11. The average molecular weight is 541 g/mol. The van der Waals surface area contributed by atoms with Crippen LogP contribution < -0.4 is 20.7 Å². The van der Waals surface area contributed by atoms with Gasteiger partial charge in [-0.3, -0.25) is 14.7 Å². The van der Waals surface area contributed by atoms with Crippen molar-refractivity contribution in [3.05, 3.63) is 54.0 Å². The van der Waals surface area contributed by atoms with Crippen LogP contribution in [0.3, 0.4) is 0 Å². The van der Waals surface area contributed by atoms with Crippen LogP contribution in [-0.2, 0) is 0 Å². The number of aliphatic imine (C=N–C) groups is 1. The molecule has 1 aliphatic rings. The maximum atomic E-state index is 11.9. The predicted octanol–water partition coefficient (Wildman–Crippen LogP) is 2.64. The van der Waals surface area contributed by atoms with Crippen molar-refractivity contribution in [1.29, 1.82) is 0 Å². The molecule has 1 amide bonds. The fourth-order valence-corrected chi connectivity index (χ4v) is 3.70. The molecule has 2 aromatic rings. The Kier molecular flexibility index (Phi) is 10.6. The summed E-state index contributed by atoms with van der Waals surface area (Å²) in [6.07, 6.45) is 3.92. The van der Waals surface area contributed by atoms with E-state index in [4.69, 9.17) is 9.15 Å². The van der Waals surface area contributed by atoms with E-state index in [0.29, 0.717) is 31.4 Å². The summed E-state index contributed by atoms with van der Waals surface area (Å²) in [5.41, 5.74) is 1.18. The van der Waals surface area contributed by atoms with E-state index >= 15 is 0 Å². The number of likely N-dealkylation sites (tertiary alicyclic amines) is 1. The van der Waals surface area contributed by atoms with Gasteiger partial charge >= 0.3 is 0 Å². The molecule has 0 spiro atoms. The maximum absolute atomic E-state index is 11.9.